The predicted octanol–water partition coefficient (Wildman–Crippen LogP) is 4.70. The highest BCUT2D eigenvalue weighted by molar-refractivity contribution is 7.99. The Balaban J connectivity index is 1.57. The largest absolute Gasteiger partial charge is 0.461 e. The maximum Gasteiger partial charge on any atom is 0.200 e. The molecular weight excluding hydrogens is 377 g/mol. The van der Waals surface area contributed by atoms with Crippen LogP contribution in [0.5, 0.6) is 0 Å². The van der Waals surface area contributed by atoms with E-state index in [1.165, 1.54) is 36.0 Å². The van der Waals surface area contributed by atoms with Gasteiger partial charge in [0.15, 0.2) is 16.7 Å². The summed E-state index contributed by atoms with van der Waals surface area (Å²) in [6, 6.07) is 19.1. The molecule has 0 aliphatic carbocycles. The molecule has 140 valence electrons. The van der Waals surface area contributed by atoms with Crippen molar-refractivity contribution in [1.29, 1.82) is 0 Å². The lowest BCUT2D eigenvalue weighted by molar-refractivity contribution is 0.102. The Morgan fingerprint density at radius 1 is 1.00 bits per heavy atom. The smallest absolute Gasteiger partial charge is 0.200 e. The van der Waals surface area contributed by atoms with Crippen molar-refractivity contribution in [3.05, 3.63) is 89.9 Å². The fourth-order valence-electron chi connectivity index (χ4n) is 2.74. The van der Waals surface area contributed by atoms with E-state index in [2.05, 4.69) is 10.2 Å². The first-order chi connectivity index (χ1) is 13.7. The number of thioether (sulfide) groups is 1. The third kappa shape index (κ3) is 4.04. The zero-order chi connectivity index (χ0) is 19.3. The molecular formula is C21H16FN3O2S. The zero-order valence-electron chi connectivity index (χ0n) is 14.8. The third-order valence-corrected chi connectivity index (χ3v) is 5.11. The second-order valence-electron chi connectivity index (χ2n) is 6.07. The first kappa shape index (κ1) is 18.2. The second-order valence-corrected chi connectivity index (χ2v) is 7.02. The van der Waals surface area contributed by atoms with Gasteiger partial charge >= 0.3 is 0 Å². The SMILES string of the molecule is O=C(CSc1nnc(-c2ccco2)n1Cc1ccccc1)c1ccc(F)cc1. The lowest BCUT2D eigenvalue weighted by atomic mass is 10.1. The number of benzene rings is 2. The molecule has 2 heterocycles. The van der Waals surface area contributed by atoms with Crippen molar-refractivity contribution in [3.63, 3.8) is 0 Å². The summed E-state index contributed by atoms with van der Waals surface area (Å²) in [6.07, 6.45) is 1.59. The second kappa shape index (κ2) is 8.22. The van der Waals surface area contributed by atoms with E-state index in [-0.39, 0.29) is 17.4 Å². The van der Waals surface area contributed by atoms with Gasteiger partial charge in [-0.2, -0.15) is 0 Å². The summed E-state index contributed by atoms with van der Waals surface area (Å²) in [5.74, 6) is 0.927. The topological polar surface area (TPSA) is 60.9 Å². The van der Waals surface area contributed by atoms with Crippen LogP contribution in [0.25, 0.3) is 11.6 Å². The molecule has 0 bridgehead atoms. The van der Waals surface area contributed by atoms with Gasteiger partial charge in [0.05, 0.1) is 18.6 Å². The fourth-order valence-corrected chi connectivity index (χ4v) is 3.57. The molecule has 5 nitrogen and oxygen atoms in total. The highest BCUT2D eigenvalue weighted by Gasteiger charge is 2.18. The zero-order valence-corrected chi connectivity index (χ0v) is 15.6. The van der Waals surface area contributed by atoms with E-state index in [9.17, 15) is 9.18 Å². The number of carbonyl (C=O) groups is 1. The Morgan fingerprint density at radius 2 is 1.79 bits per heavy atom. The Morgan fingerprint density at radius 3 is 2.50 bits per heavy atom. The van der Waals surface area contributed by atoms with Gasteiger partial charge < -0.3 is 4.42 Å². The minimum atomic E-state index is -0.366. The number of halogens is 1. The minimum absolute atomic E-state index is 0.0983. The number of nitrogens with zero attached hydrogens (tertiary/aromatic N) is 3. The van der Waals surface area contributed by atoms with Crippen LogP contribution in [-0.4, -0.2) is 26.3 Å². The number of hydrogen-bond donors (Lipinski definition) is 0. The van der Waals surface area contributed by atoms with Gasteiger partial charge in [-0.1, -0.05) is 42.1 Å². The summed E-state index contributed by atoms with van der Waals surface area (Å²) in [7, 11) is 0. The molecule has 0 atom stereocenters. The molecule has 7 heteroatoms. The van der Waals surface area contributed by atoms with E-state index in [4.69, 9.17) is 4.42 Å². The van der Waals surface area contributed by atoms with Crippen LogP contribution in [0.4, 0.5) is 4.39 Å². The van der Waals surface area contributed by atoms with E-state index < -0.39 is 0 Å². The van der Waals surface area contributed by atoms with Gasteiger partial charge in [-0.3, -0.25) is 9.36 Å². The average molecular weight is 393 g/mol. The standard InChI is InChI=1S/C21H16FN3O2S/c22-17-10-8-16(9-11-17)18(26)14-28-21-24-23-20(19-7-4-12-27-19)25(21)13-15-5-2-1-3-6-15/h1-12H,13-14H2. The molecule has 0 amide bonds. The van der Waals surface area contributed by atoms with Crippen LogP contribution in [-0.2, 0) is 6.54 Å². The summed E-state index contributed by atoms with van der Waals surface area (Å²) in [4.78, 5) is 12.4. The maximum absolute atomic E-state index is 13.1. The molecule has 2 aromatic carbocycles. The van der Waals surface area contributed by atoms with Crippen LogP contribution in [0, 0.1) is 5.82 Å². The first-order valence-electron chi connectivity index (χ1n) is 8.63. The molecule has 0 radical (unpaired) electrons. The molecule has 0 N–H and O–H groups in total. The van der Waals surface area contributed by atoms with Crippen molar-refractivity contribution >= 4 is 17.5 Å². The molecule has 0 unspecified atom stereocenters. The predicted molar refractivity (Wildman–Crippen MR) is 105 cm³/mol. The number of rotatable bonds is 7. The molecule has 4 aromatic rings. The molecule has 0 spiro atoms. The number of carbonyl (C=O) groups excluding carboxylic acids is 1. The van der Waals surface area contributed by atoms with Crippen LogP contribution in [0.2, 0.25) is 0 Å². The number of ketones is 1. The van der Waals surface area contributed by atoms with Crippen LogP contribution in [0.3, 0.4) is 0 Å². The van der Waals surface area contributed by atoms with Gasteiger partial charge in [0.25, 0.3) is 0 Å². The highest BCUT2D eigenvalue weighted by Crippen LogP contribution is 2.26. The number of aromatic nitrogens is 3. The minimum Gasteiger partial charge on any atom is -0.461 e. The van der Waals surface area contributed by atoms with Crippen molar-refractivity contribution in [2.45, 2.75) is 11.7 Å². The lowest BCUT2D eigenvalue weighted by Crippen LogP contribution is -2.07. The number of furan rings is 1. The summed E-state index contributed by atoms with van der Waals surface area (Å²) >= 11 is 1.30. The maximum atomic E-state index is 13.1. The third-order valence-electron chi connectivity index (χ3n) is 4.14. The summed E-state index contributed by atoms with van der Waals surface area (Å²) in [6.45, 7) is 0.553. The number of Topliss-reactive ketones (excluding diaryl/α,β-unsaturated/α-hetero) is 1. The molecule has 2 aromatic heterocycles. The monoisotopic (exact) mass is 393 g/mol. The first-order valence-corrected chi connectivity index (χ1v) is 9.62. The van der Waals surface area contributed by atoms with Gasteiger partial charge in [-0.25, -0.2) is 4.39 Å². The van der Waals surface area contributed by atoms with Gasteiger partial charge in [0.2, 0.25) is 5.82 Å². The van der Waals surface area contributed by atoms with Gasteiger partial charge in [0.1, 0.15) is 5.82 Å². The van der Waals surface area contributed by atoms with Crippen molar-refractivity contribution in [3.8, 4) is 11.6 Å². The van der Waals surface area contributed by atoms with Crippen molar-refractivity contribution in [2.24, 2.45) is 0 Å². The highest BCUT2D eigenvalue weighted by atomic mass is 32.2. The molecule has 28 heavy (non-hydrogen) atoms. The van der Waals surface area contributed by atoms with Crippen molar-refractivity contribution < 1.29 is 13.6 Å². The van der Waals surface area contributed by atoms with E-state index in [1.54, 1.807) is 12.3 Å². The van der Waals surface area contributed by atoms with Crippen LogP contribution in [0.1, 0.15) is 15.9 Å². The fraction of sp³-hybridized carbons (Fsp3) is 0.0952. The van der Waals surface area contributed by atoms with E-state index >= 15 is 0 Å². The molecule has 0 fully saturated rings. The molecule has 0 aliphatic rings. The quantitative estimate of drug-likeness (QED) is 0.336. The Kier molecular flexibility index (Phi) is 5.34. The molecule has 4 rings (SSSR count). The summed E-state index contributed by atoms with van der Waals surface area (Å²) in [5.41, 5.74) is 1.55. The van der Waals surface area contributed by atoms with E-state index in [0.29, 0.717) is 28.8 Å². The Bertz CT molecular complexity index is 1060. The van der Waals surface area contributed by atoms with Crippen molar-refractivity contribution in [1.82, 2.24) is 14.8 Å². The molecule has 0 saturated heterocycles. The Hall–Kier alpha value is -3.19. The van der Waals surface area contributed by atoms with Crippen LogP contribution >= 0.6 is 11.8 Å². The van der Waals surface area contributed by atoms with Gasteiger partial charge in [0, 0.05) is 5.56 Å². The molecule has 0 saturated carbocycles. The average Bonchev–Trinajstić information content (AvgIpc) is 3.37. The van der Waals surface area contributed by atoms with Crippen LogP contribution in [0.15, 0.2) is 82.6 Å². The van der Waals surface area contributed by atoms with Gasteiger partial charge in [-0.05, 0) is 42.0 Å². The summed E-state index contributed by atoms with van der Waals surface area (Å²) in [5, 5.41) is 9.12. The van der Waals surface area contributed by atoms with E-state index in [0.717, 1.165) is 5.56 Å². The number of hydrogen-bond acceptors (Lipinski definition) is 5. The van der Waals surface area contributed by atoms with E-state index in [1.807, 2.05) is 41.0 Å². The molecule has 0 aliphatic heterocycles. The van der Waals surface area contributed by atoms with Crippen molar-refractivity contribution in [2.75, 3.05) is 5.75 Å². The lowest BCUT2D eigenvalue weighted by Gasteiger charge is -2.09. The summed E-state index contributed by atoms with van der Waals surface area (Å²) < 4.78 is 20.5. The normalized spacial score (nSPS) is 10.9. The van der Waals surface area contributed by atoms with Gasteiger partial charge in [-0.15, -0.1) is 10.2 Å². The van der Waals surface area contributed by atoms with Crippen LogP contribution < -0.4 is 0 Å². The Labute approximate surface area is 165 Å².